The molecule has 3 aromatic rings. The number of aliphatic hydroxyl groups is 1. The number of hydrogen-bond donors (Lipinski definition) is 1. The molecule has 1 aliphatic rings. The Balaban J connectivity index is 1.82. The van der Waals surface area contributed by atoms with Crippen LogP contribution in [0.1, 0.15) is 36.6 Å². The quantitative estimate of drug-likeness (QED) is 0.309. The zero-order valence-corrected chi connectivity index (χ0v) is 18.9. The summed E-state index contributed by atoms with van der Waals surface area (Å²) in [4.78, 5) is 31.5. The fourth-order valence-electron chi connectivity index (χ4n) is 3.90. The van der Waals surface area contributed by atoms with E-state index in [9.17, 15) is 19.1 Å². The maximum Gasteiger partial charge on any atom is 0.295 e. The van der Waals surface area contributed by atoms with Crippen molar-refractivity contribution in [2.24, 2.45) is 5.92 Å². The summed E-state index contributed by atoms with van der Waals surface area (Å²) < 4.78 is 20.6. The lowest BCUT2D eigenvalue weighted by atomic mass is 9.94. The molecule has 1 aliphatic heterocycles. The topological polar surface area (TPSA) is 79.7 Å². The van der Waals surface area contributed by atoms with Gasteiger partial charge in [0.15, 0.2) is 0 Å². The van der Waals surface area contributed by atoms with E-state index in [-0.39, 0.29) is 23.4 Å². The van der Waals surface area contributed by atoms with Crippen molar-refractivity contribution in [1.29, 1.82) is 0 Å². The Labute approximate surface area is 197 Å². The van der Waals surface area contributed by atoms with Gasteiger partial charge in [-0.3, -0.25) is 14.6 Å². The van der Waals surface area contributed by atoms with Crippen LogP contribution in [-0.2, 0) is 16.1 Å². The molecule has 174 valence electrons. The van der Waals surface area contributed by atoms with Gasteiger partial charge in [-0.05, 0) is 35.7 Å². The molecule has 2 aromatic carbocycles. The molecule has 1 N–H and O–H groups in total. The molecule has 1 unspecified atom stereocenters. The Kier molecular flexibility index (Phi) is 6.72. The van der Waals surface area contributed by atoms with Crippen molar-refractivity contribution in [2.75, 3.05) is 6.61 Å². The van der Waals surface area contributed by atoms with E-state index < -0.39 is 23.5 Å². The summed E-state index contributed by atoms with van der Waals surface area (Å²) in [5.41, 5.74) is 0.941. The van der Waals surface area contributed by atoms with Crippen molar-refractivity contribution in [3.05, 3.63) is 101 Å². The van der Waals surface area contributed by atoms with Crippen LogP contribution in [0.15, 0.2) is 78.6 Å². The number of ether oxygens (including phenoxy) is 1. The van der Waals surface area contributed by atoms with Crippen molar-refractivity contribution in [3.8, 4) is 5.75 Å². The summed E-state index contributed by atoms with van der Waals surface area (Å²) in [5.74, 6) is -1.82. The number of nitrogens with zero attached hydrogens (tertiary/aromatic N) is 2. The van der Waals surface area contributed by atoms with Crippen molar-refractivity contribution in [2.45, 2.75) is 26.4 Å². The Bertz CT molecular complexity index is 1240. The largest absolute Gasteiger partial charge is 0.507 e. The van der Waals surface area contributed by atoms with Gasteiger partial charge in [0.05, 0.1) is 18.2 Å². The third-order valence-corrected chi connectivity index (χ3v) is 5.51. The van der Waals surface area contributed by atoms with E-state index >= 15 is 0 Å². The highest BCUT2D eigenvalue weighted by Crippen LogP contribution is 2.41. The van der Waals surface area contributed by atoms with E-state index in [1.807, 2.05) is 13.8 Å². The molecule has 1 fully saturated rings. The molecule has 7 heteroatoms. The molecule has 34 heavy (non-hydrogen) atoms. The molecule has 6 nitrogen and oxygen atoms in total. The van der Waals surface area contributed by atoms with E-state index in [0.717, 1.165) is 0 Å². The van der Waals surface area contributed by atoms with E-state index in [4.69, 9.17) is 4.74 Å². The van der Waals surface area contributed by atoms with Gasteiger partial charge in [0, 0.05) is 30.1 Å². The van der Waals surface area contributed by atoms with Crippen molar-refractivity contribution in [3.63, 3.8) is 0 Å². The van der Waals surface area contributed by atoms with Crippen molar-refractivity contribution in [1.82, 2.24) is 9.88 Å². The van der Waals surface area contributed by atoms with Crippen molar-refractivity contribution < 1.29 is 23.8 Å². The maximum atomic E-state index is 14.9. The van der Waals surface area contributed by atoms with Gasteiger partial charge in [0.1, 0.15) is 17.3 Å². The number of pyridine rings is 1. The lowest BCUT2D eigenvalue weighted by Gasteiger charge is -2.25. The van der Waals surface area contributed by atoms with E-state index in [1.165, 1.54) is 23.1 Å². The summed E-state index contributed by atoms with van der Waals surface area (Å²) >= 11 is 0. The van der Waals surface area contributed by atoms with E-state index in [2.05, 4.69) is 4.98 Å². The number of Topliss-reactive ketones (excluding diaryl/α,β-unsaturated/α-hetero) is 1. The first-order valence-corrected chi connectivity index (χ1v) is 11.0. The van der Waals surface area contributed by atoms with Gasteiger partial charge < -0.3 is 14.7 Å². The molecule has 1 aromatic heterocycles. The second kappa shape index (κ2) is 9.87. The number of halogens is 1. The zero-order valence-electron chi connectivity index (χ0n) is 18.9. The average Bonchev–Trinajstić information content (AvgIpc) is 3.08. The van der Waals surface area contributed by atoms with E-state index in [0.29, 0.717) is 29.4 Å². The van der Waals surface area contributed by atoms with Crippen LogP contribution in [0.4, 0.5) is 4.39 Å². The fourth-order valence-corrected chi connectivity index (χ4v) is 3.90. The number of likely N-dealkylation sites (tertiary alicyclic amines) is 1. The van der Waals surface area contributed by atoms with Gasteiger partial charge in [-0.15, -0.1) is 0 Å². The second-order valence-electron chi connectivity index (χ2n) is 8.54. The molecule has 0 saturated carbocycles. The number of rotatable bonds is 7. The predicted molar refractivity (Wildman–Crippen MR) is 125 cm³/mol. The number of aromatic nitrogens is 1. The Morgan fingerprint density at radius 3 is 2.62 bits per heavy atom. The van der Waals surface area contributed by atoms with Gasteiger partial charge in [-0.1, -0.05) is 50.2 Å². The molecule has 1 amide bonds. The number of carbonyl (C=O) groups excluding carboxylic acids is 2. The second-order valence-corrected chi connectivity index (χ2v) is 8.54. The Morgan fingerprint density at radius 1 is 1.12 bits per heavy atom. The molecule has 0 spiro atoms. The number of carbonyl (C=O) groups is 2. The number of benzene rings is 2. The van der Waals surface area contributed by atoms with Crippen molar-refractivity contribution >= 4 is 17.4 Å². The minimum absolute atomic E-state index is 0.0335. The first kappa shape index (κ1) is 23.2. The molecule has 4 rings (SSSR count). The van der Waals surface area contributed by atoms with Crippen LogP contribution in [0.25, 0.3) is 5.76 Å². The molecule has 1 saturated heterocycles. The summed E-state index contributed by atoms with van der Waals surface area (Å²) in [6.45, 7) is 4.55. The van der Waals surface area contributed by atoms with Crippen LogP contribution in [0, 0.1) is 11.7 Å². The van der Waals surface area contributed by atoms with E-state index in [1.54, 1.807) is 54.9 Å². The van der Waals surface area contributed by atoms with Gasteiger partial charge in [0.25, 0.3) is 11.7 Å². The van der Waals surface area contributed by atoms with Gasteiger partial charge in [0.2, 0.25) is 0 Å². The standard InChI is InChI=1S/C27H25FN2O4/c1-17(2)16-34-20-9-5-8-19(13-20)25(31)23-24(21-10-3-4-11-22(21)28)30(27(33)26(23)32)15-18-7-6-12-29-14-18/h3-14,17,24,31H,15-16H2,1-2H3/b25-23-. The monoisotopic (exact) mass is 460 g/mol. The first-order chi connectivity index (χ1) is 16.4. The van der Waals surface area contributed by atoms with Crippen LogP contribution in [0.5, 0.6) is 5.75 Å². The van der Waals surface area contributed by atoms with Gasteiger partial charge >= 0.3 is 0 Å². The predicted octanol–water partition coefficient (Wildman–Crippen LogP) is 4.88. The molecular formula is C27H25FN2O4. The van der Waals surface area contributed by atoms with Crippen LogP contribution in [0.2, 0.25) is 0 Å². The summed E-state index contributed by atoms with van der Waals surface area (Å²) in [6.07, 6.45) is 3.17. The van der Waals surface area contributed by atoms with Crippen LogP contribution >= 0.6 is 0 Å². The average molecular weight is 461 g/mol. The highest BCUT2D eigenvalue weighted by Gasteiger charge is 2.47. The van der Waals surface area contributed by atoms with Gasteiger partial charge in [-0.25, -0.2) is 4.39 Å². The molecule has 1 atom stereocenters. The first-order valence-electron chi connectivity index (χ1n) is 11.0. The molecule has 0 aliphatic carbocycles. The highest BCUT2D eigenvalue weighted by molar-refractivity contribution is 6.46. The molecule has 0 radical (unpaired) electrons. The SMILES string of the molecule is CC(C)COc1cccc(/C(O)=C2/C(=O)C(=O)N(Cc3cccnc3)C2c2ccccc2F)c1. The Morgan fingerprint density at radius 2 is 1.91 bits per heavy atom. The number of amides is 1. The summed E-state index contributed by atoms with van der Waals surface area (Å²) in [7, 11) is 0. The smallest absolute Gasteiger partial charge is 0.295 e. The number of ketones is 1. The lowest BCUT2D eigenvalue weighted by Crippen LogP contribution is -2.29. The fraction of sp³-hybridized carbons (Fsp3) is 0.222. The molecular weight excluding hydrogens is 435 g/mol. The molecule has 2 heterocycles. The third-order valence-electron chi connectivity index (χ3n) is 5.51. The maximum absolute atomic E-state index is 14.9. The normalized spacial score (nSPS) is 17.4. The lowest BCUT2D eigenvalue weighted by molar-refractivity contribution is -0.140. The summed E-state index contributed by atoms with van der Waals surface area (Å²) in [5, 5.41) is 11.2. The Hall–Kier alpha value is -4.00. The zero-order chi connectivity index (χ0) is 24.2. The van der Waals surface area contributed by atoms with Crippen LogP contribution < -0.4 is 4.74 Å². The highest BCUT2D eigenvalue weighted by atomic mass is 19.1. The molecule has 0 bridgehead atoms. The minimum Gasteiger partial charge on any atom is -0.507 e. The minimum atomic E-state index is -1.10. The third kappa shape index (κ3) is 4.69. The summed E-state index contributed by atoms with van der Waals surface area (Å²) in [6, 6.07) is 15.0. The van der Waals surface area contributed by atoms with Crippen LogP contribution in [0.3, 0.4) is 0 Å². The number of aliphatic hydroxyl groups excluding tert-OH is 1. The van der Waals surface area contributed by atoms with Gasteiger partial charge in [-0.2, -0.15) is 0 Å². The number of hydrogen-bond acceptors (Lipinski definition) is 5. The van der Waals surface area contributed by atoms with Crippen LogP contribution in [-0.4, -0.2) is 33.3 Å².